The summed E-state index contributed by atoms with van der Waals surface area (Å²) in [5, 5.41) is 16.6. The predicted octanol–water partition coefficient (Wildman–Crippen LogP) is 3.06. The van der Waals surface area contributed by atoms with Crippen LogP contribution in [0.3, 0.4) is 0 Å². The van der Waals surface area contributed by atoms with E-state index < -0.39 is 18.1 Å². The Bertz CT molecular complexity index is 990. The van der Waals surface area contributed by atoms with Crippen LogP contribution in [0.5, 0.6) is 0 Å². The van der Waals surface area contributed by atoms with Crippen LogP contribution in [0.15, 0.2) is 46.7 Å². The van der Waals surface area contributed by atoms with Crippen LogP contribution in [0.2, 0.25) is 0 Å². The third-order valence-corrected chi connectivity index (χ3v) is 5.91. The van der Waals surface area contributed by atoms with Crippen molar-refractivity contribution in [2.75, 3.05) is 19.1 Å². The van der Waals surface area contributed by atoms with Gasteiger partial charge in [0, 0.05) is 6.42 Å². The standard InChI is InChI=1S/C19H21FN4O3S2/c1-28-17-16-21-9-15(24(16)23-18(22-17)29-2)19(25)14(20)8-13(27-19)11-26-10-12-6-4-3-5-7-12/h3-7,9,13-14,25H,8,10-11H2,1-2H3. The third kappa shape index (κ3) is 3.99. The Morgan fingerprint density at radius 1 is 1.31 bits per heavy atom. The summed E-state index contributed by atoms with van der Waals surface area (Å²) < 4.78 is 27.7. The van der Waals surface area contributed by atoms with E-state index in [1.54, 1.807) is 0 Å². The molecule has 29 heavy (non-hydrogen) atoms. The number of thioether (sulfide) groups is 2. The number of aromatic nitrogens is 4. The van der Waals surface area contributed by atoms with Gasteiger partial charge in [-0.1, -0.05) is 42.1 Å². The van der Waals surface area contributed by atoms with Gasteiger partial charge in [-0.3, -0.25) is 0 Å². The molecule has 7 nitrogen and oxygen atoms in total. The van der Waals surface area contributed by atoms with Crippen LogP contribution in [-0.4, -0.2) is 56.1 Å². The van der Waals surface area contributed by atoms with E-state index in [0.29, 0.717) is 22.4 Å². The van der Waals surface area contributed by atoms with Crippen molar-refractivity contribution in [3.05, 3.63) is 47.8 Å². The van der Waals surface area contributed by atoms with Gasteiger partial charge in [0.15, 0.2) is 11.8 Å². The maximum Gasteiger partial charge on any atom is 0.244 e. The summed E-state index contributed by atoms with van der Waals surface area (Å²) in [6.07, 6.45) is 2.94. The first-order valence-electron chi connectivity index (χ1n) is 9.05. The smallest absolute Gasteiger partial charge is 0.244 e. The zero-order chi connectivity index (χ0) is 20.4. The Balaban J connectivity index is 1.53. The molecule has 2 aromatic heterocycles. The normalized spacial score (nSPS) is 24.4. The average Bonchev–Trinajstić information content (AvgIpc) is 3.29. The molecule has 154 valence electrons. The van der Waals surface area contributed by atoms with Gasteiger partial charge in [0.1, 0.15) is 10.7 Å². The summed E-state index contributed by atoms with van der Waals surface area (Å²) in [5.41, 5.74) is 1.63. The predicted molar refractivity (Wildman–Crippen MR) is 109 cm³/mol. The fourth-order valence-corrected chi connectivity index (χ4v) is 4.18. The SMILES string of the molecule is CSc1nc(SC)c2ncc(C3(O)OC(COCc4ccccc4)CC3F)n2n1. The molecule has 1 fully saturated rings. The van der Waals surface area contributed by atoms with Gasteiger partial charge >= 0.3 is 0 Å². The molecule has 3 heterocycles. The van der Waals surface area contributed by atoms with Crippen LogP contribution in [0.25, 0.3) is 5.65 Å². The van der Waals surface area contributed by atoms with E-state index in [4.69, 9.17) is 9.47 Å². The maximum absolute atomic E-state index is 14.9. The van der Waals surface area contributed by atoms with Gasteiger partial charge in [-0.25, -0.2) is 18.9 Å². The largest absolute Gasteiger partial charge is 0.374 e. The molecule has 1 saturated heterocycles. The van der Waals surface area contributed by atoms with Crippen LogP contribution in [0.4, 0.5) is 4.39 Å². The maximum atomic E-state index is 14.9. The van der Waals surface area contributed by atoms with Crippen LogP contribution in [-0.2, 0) is 21.9 Å². The lowest BCUT2D eigenvalue weighted by molar-refractivity contribution is -0.232. The van der Waals surface area contributed by atoms with Crippen LogP contribution in [0, 0.1) is 0 Å². The van der Waals surface area contributed by atoms with Gasteiger partial charge < -0.3 is 14.6 Å². The summed E-state index contributed by atoms with van der Waals surface area (Å²) in [5.74, 6) is -2.14. The highest BCUT2D eigenvalue weighted by molar-refractivity contribution is 7.99. The number of alkyl halides is 1. The second kappa shape index (κ2) is 8.57. The van der Waals surface area contributed by atoms with Gasteiger partial charge in [0.25, 0.3) is 0 Å². The molecule has 1 aliphatic rings. The first-order valence-corrected chi connectivity index (χ1v) is 11.5. The summed E-state index contributed by atoms with van der Waals surface area (Å²) in [7, 11) is 0. The number of hydrogen-bond donors (Lipinski definition) is 1. The Kier molecular flexibility index (Phi) is 6.07. The number of fused-ring (bicyclic) bond motifs is 1. The van der Waals surface area contributed by atoms with E-state index >= 15 is 0 Å². The Morgan fingerprint density at radius 2 is 2.10 bits per heavy atom. The van der Waals surface area contributed by atoms with Crippen molar-refractivity contribution in [1.82, 2.24) is 19.6 Å². The molecule has 0 bridgehead atoms. The van der Waals surface area contributed by atoms with Crippen molar-refractivity contribution in [2.45, 2.75) is 41.3 Å². The number of nitrogens with zero attached hydrogens (tertiary/aromatic N) is 4. The van der Waals surface area contributed by atoms with Crippen molar-refractivity contribution >= 4 is 29.2 Å². The van der Waals surface area contributed by atoms with Crippen LogP contribution < -0.4 is 0 Å². The lowest BCUT2D eigenvalue weighted by Crippen LogP contribution is -2.36. The van der Waals surface area contributed by atoms with E-state index in [-0.39, 0.29) is 18.7 Å². The molecule has 0 radical (unpaired) electrons. The molecule has 3 aromatic rings. The van der Waals surface area contributed by atoms with Gasteiger partial charge in [0.2, 0.25) is 10.9 Å². The molecule has 1 aromatic carbocycles. The minimum absolute atomic E-state index is 0.0222. The number of rotatable bonds is 7. The van der Waals surface area contributed by atoms with E-state index in [0.717, 1.165) is 5.56 Å². The molecule has 0 saturated carbocycles. The molecule has 1 N–H and O–H groups in total. The van der Waals surface area contributed by atoms with Crippen molar-refractivity contribution in [3.8, 4) is 0 Å². The summed E-state index contributed by atoms with van der Waals surface area (Å²) >= 11 is 2.77. The number of ether oxygens (including phenoxy) is 2. The van der Waals surface area contributed by atoms with Crippen LogP contribution in [0.1, 0.15) is 17.7 Å². The van der Waals surface area contributed by atoms with E-state index in [2.05, 4.69) is 15.1 Å². The number of imidazole rings is 1. The summed E-state index contributed by atoms with van der Waals surface area (Å²) in [4.78, 5) is 8.69. The topological polar surface area (TPSA) is 81.8 Å². The number of halogens is 1. The second-order valence-electron chi connectivity index (χ2n) is 6.63. The Hall–Kier alpha value is -1.72. The molecule has 0 spiro atoms. The molecule has 3 atom stereocenters. The van der Waals surface area contributed by atoms with Gasteiger partial charge in [-0.2, -0.15) is 0 Å². The molecule has 0 amide bonds. The van der Waals surface area contributed by atoms with Gasteiger partial charge in [0.05, 0.1) is 25.5 Å². The highest BCUT2D eigenvalue weighted by Gasteiger charge is 2.52. The molecule has 4 rings (SSSR count). The van der Waals surface area contributed by atoms with E-state index in [1.807, 2.05) is 42.8 Å². The Labute approximate surface area is 176 Å². The molecule has 0 aliphatic carbocycles. The van der Waals surface area contributed by atoms with Crippen LogP contribution >= 0.6 is 23.5 Å². The summed E-state index contributed by atoms with van der Waals surface area (Å²) in [6.45, 7) is 0.572. The monoisotopic (exact) mass is 436 g/mol. The fourth-order valence-electron chi connectivity index (χ4n) is 3.28. The molecule has 10 heteroatoms. The molecular weight excluding hydrogens is 415 g/mol. The van der Waals surface area contributed by atoms with Crippen molar-refractivity contribution in [1.29, 1.82) is 0 Å². The first-order chi connectivity index (χ1) is 14.0. The quantitative estimate of drug-likeness (QED) is 0.566. The van der Waals surface area contributed by atoms with E-state index in [9.17, 15) is 9.50 Å². The zero-order valence-corrected chi connectivity index (χ0v) is 17.6. The lowest BCUT2D eigenvalue weighted by Gasteiger charge is -2.24. The molecule has 3 unspecified atom stereocenters. The van der Waals surface area contributed by atoms with Crippen molar-refractivity contribution in [2.24, 2.45) is 0 Å². The second-order valence-corrected chi connectivity index (χ2v) is 8.20. The highest BCUT2D eigenvalue weighted by atomic mass is 32.2. The number of hydrogen-bond acceptors (Lipinski definition) is 8. The average molecular weight is 437 g/mol. The van der Waals surface area contributed by atoms with Crippen molar-refractivity contribution < 1.29 is 19.0 Å². The molecular formula is C19H21FN4O3S2. The highest BCUT2D eigenvalue weighted by Crippen LogP contribution is 2.40. The fraction of sp³-hybridized carbons (Fsp3) is 0.421. The van der Waals surface area contributed by atoms with E-state index in [1.165, 1.54) is 34.2 Å². The van der Waals surface area contributed by atoms with Gasteiger partial charge in [-0.15, -0.1) is 16.9 Å². The molecule has 1 aliphatic heterocycles. The summed E-state index contributed by atoms with van der Waals surface area (Å²) in [6, 6.07) is 9.70. The lowest BCUT2D eigenvalue weighted by atomic mass is 10.1. The minimum atomic E-state index is -2.14. The number of aliphatic hydroxyl groups is 1. The Morgan fingerprint density at radius 3 is 2.83 bits per heavy atom. The van der Waals surface area contributed by atoms with Crippen molar-refractivity contribution in [3.63, 3.8) is 0 Å². The first kappa shape index (κ1) is 20.5. The third-order valence-electron chi connectivity index (χ3n) is 4.71. The number of benzene rings is 1. The van der Waals surface area contributed by atoms with Gasteiger partial charge in [-0.05, 0) is 18.1 Å². The minimum Gasteiger partial charge on any atom is -0.374 e. The zero-order valence-electron chi connectivity index (χ0n) is 16.0.